The van der Waals surface area contributed by atoms with E-state index in [-0.39, 0.29) is 4.90 Å². The molecule has 5 nitrogen and oxygen atoms in total. The van der Waals surface area contributed by atoms with Crippen molar-refractivity contribution in [3.05, 3.63) is 53.1 Å². The highest BCUT2D eigenvalue weighted by Crippen LogP contribution is 2.31. The summed E-state index contributed by atoms with van der Waals surface area (Å²) in [4.78, 5) is 0.166. The lowest BCUT2D eigenvalue weighted by Gasteiger charge is -2.17. The molecule has 0 saturated carbocycles. The van der Waals surface area contributed by atoms with E-state index in [0.29, 0.717) is 29.7 Å². The Morgan fingerprint density at radius 1 is 1.00 bits per heavy atom. The maximum Gasteiger partial charge on any atom is 0.241 e. The standard InChI is InChI=1S/C18H22ClNO4S/c1-4-23-17-11-6-14(12-18(17)24-5-2)13(3)20-25(21,22)16-9-7-15(19)8-10-16/h6-13,20H,4-5H2,1-3H3. The van der Waals surface area contributed by atoms with E-state index in [1.54, 1.807) is 31.2 Å². The van der Waals surface area contributed by atoms with Crippen molar-refractivity contribution in [2.24, 2.45) is 0 Å². The van der Waals surface area contributed by atoms with Crippen LogP contribution in [-0.4, -0.2) is 21.6 Å². The number of rotatable bonds is 8. The summed E-state index contributed by atoms with van der Waals surface area (Å²) in [6, 6.07) is 11.0. The minimum Gasteiger partial charge on any atom is -0.490 e. The van der Waals surface area contributed by atoms with E-state index < -0.39 is 16.1 Å². The van der Waals surface area contributed by atoms with E-state index in [4.69, 9.17) is 21.1 Å². The molecule has 0 amide bonds. The minimum atomic E-state index is -3.65. The van der Waals surface area contributed by atoms with Crippen LogP contribution in [0.3, 0.4) is 0 Å². The zero-order valence-electron chi connectivity index (χ0n) is 14.5. The highest BCUT2D eigenvalue weighted by molar-refractivity contribution is 7.89. The molecule has 0 spiro atoms. The number of sulfonamides is 1. The Balaban J connectivity index is 2.23. The largest absolute Gasteiger partial charge is 0.490 e. The molecule has 0 aliphatic heterocycles. The molecule has 0 aliphatic carbocycles. The van der Waals surface area contributed by atoms with Crippen molar-refractivity contribution >= 4 is 21.6 Å². The molecule has 2 aromatic carbocycles. The van der Waals surface area contributed by atoms with Gasteiger partial charge in [0, 0.05) is 11.1 Å². The Hall–Kier alpha value is -1.76. The quantitative estimate of drug-likeness (QED) is 0.742. The van der Waals surface area contributed by atoms with Gasteiger partial charge in [-0.05, 0) is 62.7 Å². The molecule has 0 heterocycles. The minimum absolute atomic E-state index is 0.166. The van der Waals surface area contributed by atoms with Crippen LogP contribution < -0.4 is 14.2 Å². The third-order valence-electron chi connectivity index (χ3n) is 3.52. The summed E-state index contributed by atoms with van der Waals surface area (Å²) < 4.78 is 38.8. The summed E-state index contributed by atoms with van der Waals surface area (Å²) in [5, 5.41) is 0.486. The van der Waals surface area contributed by atoms with Gasteiger partial charge in [-0.2, -0.15) is 0 Å². The van der Waals surface area contributed by atoms with Gasteiger partial charge in [0.25, 0.3) is 0 Å². The molecule has 0 saturated heterocycles. The topological polar surface area (TPSA) is 64.6 Å². The predicted octanol–water partition coefficient (Wildman–Crippen LogP) is 4.18. The summed E-state index contributed by atoms with van der Waals surface area (Å²) in [6.45, 7) is 6.58. The SMILES string of the molecule is CCOc1ccc(C(C)NS(=O)(=O)c2ccc(Cl)cc2)cc1OCC. The van der Waals surface area contributed by atoms with Gasteiger partial charge in [0.2, 0.25) is 10.0 Å². The van der Waals surface area contributed by atoms with Crippen molar-refractivity contribution in [1.82, 2.24) is 4.72 Å². The van der Waals surface area contributed by atoms with E-state index in [9.17, 15) is 8.42 Å². The number of hydrogen-bond acceptors (Lipinski definition) is 4. The number of benzene rings is 2. The lowest BCUT2D eigenvalue weighted by molar-refractivity contribution is 0.287. The highest BCUT2D eigenvalue weighted by atomic mass is 35.5. The molecule has 2 aromatic rings. The number of ether oxygens (including phenoxy) is 2. The van der Waals surface area contributed by atoms with Crippen LogP contribution in [0.4, 0.5) is 0 Å². The van der Waals surface area contributed by atoms with Gasteiger partial charge >= 0.3 is 0 Å². The van der Waals surface area contributed by atoms with Gasteiger partial charge in [0.15, 0.2) is 11.5 Å². The molecule has 1 N–H and O–H groups in total. The van der Waals surface area contributed by atoms with Gasteiger partial charge in [0.05, 0.1) is 18.1 Å². The number of nitrogens with one attached hydrogen (secondary N) is 1. The third-order valence-corrected chi connectivity index (χ3v) is 5.33. The number of hydrogen-bond donors (Lipinski definition) is 1. The average molecular weight is 384 g/mol. The summed E-state index contributed by atoms with van der Waals surface area (Å²) in [7, 11) is -3.65. The summed E-state index contributed by atoms with van der Waals surface area (Å²) in [5.41, 5.74) is 0.782. The Bertz CT molecular complexity index is 806. The molecule has 25 heavy (non-hydrogen) atoms. The molecular formula is C18H22ClNO4S. The normalized spacial score (nSPS) is 12.6. The van der Waals surface area contributed by atoms with Crippen molar-refractivity contribution in [3.8, 4) is 11.5 Å². The molecule has 1 atom stereocenters. The van der Waals surface area contributed by atoms with Crippen molar-refractivity contribution in [1.29, 1.82) is 0 Å². The van der Waals surface area contributed by atoms with Gasteiger partial charge in [-0.1, -0.05) is 17.7 Å². The first-order valence-electron chi connectivity index (χ1n) is 8.04. The Labute approximate surface area is 154 Å². The fraction of sp³-hybridized carbons (Fsp3) is 0.333. The molecular weight excluding hydrogens is 362 g/mol. The van der Waals surface area contributed by atoms with Crippen LogP contribution in [0.2, 0.25) is 5.02 Å². The van der Waals surface area contributed by atoms with E-state index in [2.05, 4.69) is 4.72 Å². The summed E-state index contributed by atoms with van der Waals surface area (Å²) in [6.07, 6.45) is 0. The van der Waals surface area contributed by atoms with Crippen LogP contribution in [0, 0.1) is 0 Å². The van der Waals surface area contributed by atoms with Crippen LogP contribution in [0.15, 0.2) is 47.4 Å². The lowest BCUT2D eigenvalue weighted by Crippen LogP contribution is -2.26. The van der Waals surface area contributed by atoms with Crippen LogP contribution in [0.1, 0.15) is 32.4 Å². The Kier molecular flexibility index (Phi) is 6.70. The summed E-state index contributed by atoms with van der Waals surface area (Å²) >= 11 is 5.81. The van der Waals surface area contributed by atoms with Crippen molar-refractivity contribution in [3.63, 3.8) is 0 Å². The molecule has 136 valence electrons. The van der Waals surface area contributed by atoms with Crippen LogP contribution in [-0.2, 0) is 10.0 Å². The molecule has 2 rings (SSSR count). The second-order valence-corrected chi connectivity index (χ2v) is 7.52. The molecule has 7 heteroatoms. The van der Waals surface area contributed by atoms with Gasteiger partial charge in [-0.3, -0.25) is 0 Å². The van der Waals surface area contributed by atoms with Gasteiger partial charge in [-0.25, -0.2) is 13.1 Å². The zero-order chi connectivity index (χ0) is 18.4. The summed E-state index contributed by atoms with van der Waals surface area (Å²) in [5.74, 6) is 1.24. The average Bonchev–Trinajstić information content (AvgIpc) is 2.57. The van der Waals surface area contributed by atoms with Crippen molar-refractivity contribution in [2.45, 2.75) is 31.7 Å². The first-order chi connectivity index (χ1) is 11.9. The predicted molar refractivity (Wildman–Crippen MR) is 99.0 cm³/mol. The molecule has 1 unspecified atom stereocenters. The third kappa shape index (κ3) is 5.11. The highest BCUT2D eigenvalue weighted by Gasteiger charge is 2.19. The van der Waals surface area contributed by atoms with Crippen LogP contribution in [0.5, 0.6) is 11.5 Å². The van der Waals surface area contributed by atoms with Gasteiger partial charge in [0.1, 0.15) is 0 Å². The van der Waals surface area contributed by atoms with Crippen LogP contribution in [0.25, 0.3) is 0 Å². The maximum absolute atomic E-state index is 12.5. The van der Waals surface area contributed by atoms with Gasteiger partial charge in [-0.15, -0.1) is 0 Å². The van der Waals surface area contributed by atoms with Crippen molar-refractivity contribution < 1.29 is 17.9 Å². The van der Waals surface area contributed by atoms with Crippen LogP contribution >= 0.6 is 11.6 Å². The van der Waals surface area contributed by atoms with E-state index in [1.807, 2.05) is 19.9 Å². The second kappa shape index (κ2) is 8.56. The van der Waals surface area contributed by atoms with E-state index in [0.717, 1.165) is 5.56 Å². The van der Waals surface area contributed by atoms with Crippen molar-refractivity contribution in [2.75, 3.05) is 13.2 Å². The molecule has 0 aromatic heterocycles. The monoisotopic (exact) mass is 383 g/mol. The Morgan fingerprint density at radius 2 is 1.60 bits per heavy atom. The van der Waals surface area contributed by atoms with E-state index >= 15 is 0 Å². The first kappa shape index (κ1) is 19.6. The molecule has 0 fully saturated rings. The lowest BCUT2D eigenvalue weighted by atomic mass is 10.1. The fourth-order valence-electron chi connectivity index (χ4n) is 2.32. The molecule has 0 radical (unpaired) electrons. The zero-order valence-corrected chi connectivity index (χ0v) is 16.0. The Morgan fingerprint density at radius 3 is 2.20 bits per heavy atom. The fourth-order valence-corrected chi connectivity index (χ4v) is 3.68. The maximum atomic E-state index is 12.5. The number of halogens is 1. The molecule has 0 bridgehead atoms. The van der Waals surface area contributed by atoms with Gasteiger partial charge < -0.3 is 9.47 Å². The second-order valence-electron chi connectivity index (χ2n) is 5.37. The van der Waals surface area contributed by atoms with E-state index in [1.165, 1.54) is 12.1 Å². The molecule has 0 aliphatic rings. The first-order valence-corrected chi connectivity index (χ1v) is 9.91. The smallest absolute Gasteiger partial charge is 0.241 e.